The normalized spacial score (nSPS) is 15.2. The van der Waals surface area contributed by atoms with Crippen molar-refractivity contribution in [1.29, 1.82) is 0 Å². The molecule has 0 saturated heterocycles. The molecule has 0 bridgehead atoms. The highest BCUT2D eigenvalue weighted by atomic mass is 79.9. The molecule has 0 aliphatic rings. The molecule has 1 rings (SSSR count). The van der Waals surface area contributed by atoms with Gasteiger partial charge in [-0.15, -0.1) is 0 Å². The van der Waals surface area contributed by atoms with Crippen LogP contribution in [-0.2, 0) is 0 Å². The smallest absolute Gasteiger partial charge is 0.129 e. The van der Waals surface area contributed by atoms with Gasteiger partial charge in [0, 0.05) is 10.9 Å². The van der Waals surface area contributed by atoms with Gasteiger partial charge in [0.1, 0.15) is 11.6 Å². The van der Waals surface area contributed by atoms with Crippen LogP contribution < -0.4 is 0 Å². The molecule has 0 spiro atoms. The molecule has 0 fully saturated rings. The van der Waals surface area contributed by atoms with Crippen LogP contribution in [-0.4, -0.2) is 5.33 Å². The zero-order chi connectivity index (χ0) is 10.7. The van der Waals surface area contributed by atoms with E-state index in [4.69, 9.17) is 0 Å². The Morgan fingerprint density at radius 2 is 1.71 bits per heavy atom. The van der Waals surface area contributed by atoms with Gasteiger partial charge in [-0.3, -0.25) is 0 Å². The maximum atomic E-state index is 13.3. The van der Waals surface area contributed by atoms with Gasteiger partial charge in [0.05, 0.1) is 0 Å². The number of halogens is 3. The molecule has 0 radical (unpaired) electrons. The second-order valence-electron chi connectivity index (χ2n) is 3.56. The fraction of sp³-hybridized carbons (Fsp3) is 0.455. The van der Waals surface area contributed by atoms with Crippen LogP contribution in [0, 0.1) is 17.6 Å². The minimum absolute atomic E-state index is 0.115. The van der Waals surface area contributed by atoms with Gasteiger partial charge < -0.3 is 0 Å². The Hall–Kier alpha value is -0.440. The second-order valence-corrected chi connectivity index (χ2v) is 4.20. The Balaban J connectivity index is 3.05. The molecule has 3 heteroatoms. The molecule has 0 heterocycles. The summed E-state index contributed by atoms with van der Waals surface area (Å²) < 4.78 is 26.7. The average Bonchev–Trinajstić information content (AvgIpc) is 2.16. The van der Waals surface area contributed by atoms with Crippen molar-refractivity contribution in [2.24, 2.45) is 5.92 Å². The van der Waals surface area contributed by atoms with Crippen LogP contribution in [0.25, 0.3) is 0 Å². The van der Waals surface area contributed by atoms with Crippen molar-refractivity contribution in [1.82, 2.24) is 0 Å². The number of benzene rings is 1. The maximum absolute atomic E-state index is 13.3. The minimum atomic E-state index is -0.453. The molecular weight excluding hydrogens is 250 g/mol. The van der Waals surface area contributed by atoms with Crippen molar-refractivity contribution in [3.05, 3.63) is 35.4 Å². The van der Waals surface area contributed by atoms with Crippen LogP contribution in [0.5, 0.6) is 0 Å². The first-order valence-electron chi connectivity index (χ1n) is 4.57. The lowest BCUT2D eigenvalue weighted by atomic mass is 9.89. The van der Waals surface area contributed by atoms with E-state index in [1.807, 2.05) is 13.8 Å². The van der Waals surface area contributed by atoms with E-state index in [0.29, 0.717) is 0 Å². The molecule has 0 aliphatic heterocycles. The van der Waals surface area contributed by atoms with Crippen LogP contribution in [0.3, 0.4) is 0 Å². The average molecular weight is 263 g/mol. The van der Waals surface area contributed by atoms with E-state index in [2.05, 4.69) is 15.9 Å². The van der Waals surface area contributed by atoms with Crippen LogP contribution >= 0.6 is 15.9 Å². The van der Waals surface area contributed by atoms with Gasteiger partial charge in [0.15, 0.2) is 0 Å². The van der Waals surface area contributed by atoms with Gasteiger partial charge >= 0.3 is 0 Å². The van der Waals surface area contributed by atoms with Gasteiger partial charge in [-0.2, -0.15) is 0 Å². The first-order valence-corrected chi connectivity index (χ1v) is 5.70. The van der Waals surface area contributed by atoms with E-state index in [1.165, 1.54) is 18.2 Å². The molecule has 0 nitrogen and oxygen atoms in total. The molecule has 1 aromatic rings. The highest BCUT2D eigenvalue weighted by molar-refractivity contribution is 9.09. The van der Waals surface area contributed by atoms with Crippen LogP contribution in [0.4, 0.5) is 8.78 Å². The lowest BCUT2D eigenvalue weighted by molar-refractivity contribution is 0.474. The second kappa shape index (κ2) is 4.87. The van der Waals surface area contributed by atoms with Crippen LogP contribution in [0.2, 0.25) is 0 Å². The van der Waals surface area contributed by atoms with Crippen molar-refractivity contribution in [3.8, 4) is 0 Å². The summed E-state index contributed by atoms with van der Waals surface area (Å²) in [5.41, 5.74) is 0.194. The molecule has 0 amide bonds. The fourth-order valence-corrected chi connectivity index (χ4v) is 1.92. The summed E-state index contributed by atoms with van der Waals surface area (Å²) in [6.07, 6.45) is 0. The third kappa shape index (κ3) is 2.32. The lowest BCUT2D eigenvalue weighted by Gasteiger charge is -2.19. The highest BCUT2D eigenvalue weighted by Crippen LogP contribution is 2.29. The molecule has 0 N–H and O–H groups in total. The Kier molecular flexibility index (Phi) is 4.05. The number of hydrogen-bond acceptors (Lipinski definition) is 0. The highest BCUT2D eigenvalue weighted by Gasteiger charge is 2.20. The molecule has 1 aromatic carbocycles. The fourth-order valence-electron chi connectivity index (χ4n) is 1.36. The summed E-state index contributed by atoms with van der Waals surface area (Å²) in [7, 11) is 0. The quantitative estimate of drug-likeness (QED) is 0.720. The molecule has 2 unspecified atom stereocenters. The molecular formula is C11H13BrF2. The van der Waals surface area contributed by atoms with Gasteiger partial charge in [0.2, 0.25) is 0 Å². The van der Waals surface area contributed by atoms with Gasteiger partial charge in [0.25, 0.3) is 0 Å². The van der Waals surface area contributed by atoms with E-state index in [0.717, 1.165) is 5.33 Å². The predicted molar refractivity (Wildman–Crippen MR) is 57.7 cm³/mol. The minimum Gasteiger partial charge on any atom is -0.207 e. The van der Waals surface area contributed by atoms with E-state index in [-0.39, 0.29) is 17.4 Å². The summed E-state index contributed by atoms with van der Waals surface area (Å²) >= 11 is 3.32. The van der Waals surface area contributed by atoms with E-state index in [9.17, 15) is 8.78 Å². The summed E-state index contributed by atoms with van der Waals surface area (Å²) in [6.45, 7) is 3.80. The third-order valence-electron chi connectivity index (χ3n) is 2.55. The van der Waals surface area contributed by atoms with Crippen molar-refractivity contribution < 1.29 is 8.78 Å². The molecule has 2 atom stereocenters. The van der Waals surface area contributed by atoms with Gasteiger partial charge in [-0.1, -0.05) is 35.8 Å². The monoisotopic (exact) mass is 262 g/mol. The van der Waals surface area contributed by atoms with Crippen molar-refractivity contribution in [3.63, 3.8) is 0 Å². The topological polar surface area (TPSA) is 0 Å². The third-order valence-corrected chi connectivity index (χ3v) is 3.57. The zero-order valence-electron chi connectivity index (χ0n) is 8.23. The van der Waals surface area contributed by atoms with Crippen molar-refractivity contribution >= 4 is 15.9 Å². The summed E-state index contributed by atoms with van der Waals surface area (Å²) in [4.78, 5) is 0. The summed E-state index contributed by atoms with van der Waals surface area (Å²) in [5, 5.41) is 0.738. The molecule has 0 aliphatic carbocycles. The first-order chi connectivity index (χ1) is 6.57. The Morgan fingerprint density at radius 1 is 1.21 bits per heavy atom. The number of alkyl halides is 1. The summed E-state index contributed by atoms with van der Waals surface area (Å²) in [5.74, 6) is -0.812. The summed E-state index contributed by atoms with van der Waals surface area (Å²) in [6, 6.07) is 3.99. The van der Waals surface area contributed by atoms with Crippen LogP contribution in [0.15, 0.2) is 18.2 Å². The Bertz CT molecular complexity index is 292. The number of rotatable bonds is 3. The number of hydrogen-bond donors (Lipinski definition) is 0. The van der Waals surface area contributed by atoms with Gasteiger partial charge in [-0.25, -0.2) is 8.78 Å². The van der Waals surface area contributed by atoms with E-state index >= 15 is 0 Å². The Morgan fingerprint density at radius 3 is 2.14 bits per heavy atom. The maximum Gasteiger partial charge on any atom is 0.129 e. The largest absolute Gasteiger partial charge is 0.207 e. The van der Waals surface area contributed by atoms with Gasteiger partial charge in [-0.05, 0) is 24.0 Å². The predicted octanol–water partition coefficient (Wildman–Crippen LogP) is 4.10. The lowest BCUT2D eigenvalue weighted by Crippen LogP contribution is -2.11. The molecule has 0 aromatic heterocycles. The zero-order valence-corrected chi connectivity index (χ0v) is 9.81. The van der Waals surface area contributed by atoms with E-state index in [1.54, 1.807) is 0 Å². The SMILES string of the molecule is CC(CBr)C(C)c1c(F)cccc1F. The van der Waals surface area contributed by atoms with Crippen LogP contribution in [0.1, 0.15) is 25.3 Å². The molecule has 14 heavy (non-hydrogen) atoms. The molecule has 0 saturated carbocycles. The first kappa shape index (κ1) is 11.6. The van der Waals surface area contributed by atoms with Crippen molar-refractivity contribution in [2.45, 2.75) is 19.8 Å². The Labute approximate surface area is 91.5 Å². The van der Waals surface area contributed by atoms with Crippen molar-refractivity contribution in [2.75, 3.05) is 5.33 Å². The van der Waals surface area contributed by atoms with E-state index < -0.39 is 11.6 Å². The standard InChI is InChI=1S/C11H13BrF2/c1-7(6-12)8(2)11-9(13)4-3-5-10(11)14/h3-5,7-8H,6H2,1-2H3. The molecule has 78 valence electrons.